The average molecular weight is 314 g/mol. The van der Waals surface area contributed by atoms with Crippen molar-refractivity contribution in [2.24, 2.45) is 0 Å². The lowest BCUT2D eigenvalue weighted by molar-refractivity contribution is 0.410. The normalized spacial score (nSPS) is 11.9. The molecule has 2 rings (SSSR count). The van der Waals surface area contributed by atoms with Crippen molar-refractivity contribution in [3.63, 3.8) is 0 Å². The van der Waals surface area contributed by atoms with Gasteiger partial charge in [-0.2, -0.15) is 10.1 Å². The fourth-order valence-electron chi connectivity index (χ4n) is 1.71. The molecule has 2 aromatic heterocycles. The van der Waals surface area contributed by atoms with Gasteiger partial charge in [-0.05, 0) is 20.0 Å². The molecular formula is C11H18N6O3S. The molecule has 0 aromatic carbocycles. The minimum atomic E-state index is -3.56. The second-order valence-electron chi connectivity index (χ2n) is 4.39. The molecule has 2 aromatic rings. The summed E-state index contributed by atoms with van der Waals surface area (Å²) in [7, 11) is -1.69. The van der Waals surface area contributed by atoms with Gasteiger partial charge >= 0.3 is 0 Å². The van der Waals surface area contributed by atoms with Gasteiger partial charge in [-0.25, -0.2) is 13.1 Å². The van der Waals surface area contributed by atoms with Crippen LogP contribution >= 0.6 is 0 Å². The Bertz CT molecular complexity index is 637. The Morgan fingerprint density at radius 3 is 2.95 bits per heavy atom. The van der Waals surface area contributed by atoms with Crippen LogP contribution in [0.5, 0.6) is 0 Å². The van der Waals surface area contributed by atoms with Gasteiger partial charge in [-0.1, -0.05) is 5.16 Å². The van der Waals surface area contributed by atoms with E-state index in [2.05, 4.69) is 29.8 Å². The second kappa shape index (κ2) is 7.29. The topological polar surface area (TPSA) is 115 Å². The van der Waals surface area contributed by atoms with Crippen LogP contribution in [-0.4, -0.2) is 48.5 Å². The molecule has 21 heavy (non-hydrogen) atoms. The SMILES string of the molecule is CNCCCn1cc(S(=O)(=O)NCCc2ncon2)cn1. The lowest BCUT2D eigenvalue weighted by Crippen LogP contribution is -2.26. The number of hydrogen-bond acceptors (Lipinski definition) is 7. The van der Waals surface area contributed by atoms with Crippen molar-refractivity contribution in [3.8, 4) is 0 Å². The molecule has 0 aliphatic heterocycles. The van der Waals surface area contributed by atoms with Gasteiger partial charge in [0.1, 0.15) is 4.90 Å². The van der Waals surface area contributed by atoms with E-state index in [-0.39, 0.29) is 11.4 Å². The van der Waals surface area contributed by atoms with E-state index in [1.807, 2.05) is 7.05 Å². The Hall–Kier alpha value is -1.78. The number of hydrogen-bond donors (Lipinski definition) is 2. The average Bonchev–Trinajstić information content (AvgIpc) is 3.10. The quantitative estimate of drug-likeness (QED) is 0.594. The van der Waals surface area contributed by atoms with Crippen LogP contribution in [0.15, 0.2) is 28.2 Å². The van der Waals surface area contributed by atoms with E-state index in [9.17, 15) is 8.42 Å². The van der Waals surface area contributed by atoms with Crippen molar-refractivity contribution in [2.75, 3.05) is 20.1 Å². The minimum Gasteiger partial charge on any atom is -0.343 e. The highest BCUT2D eigenvalue weighted by atomic mass is 32.2. The molecule has 116 valence electrons. The first-order chi connectivity index (χ1) is 10.1. The van der Waals surface area contributed by atoms with Crippen molar-refractivity contribution in [2.45, 2.75) is 24.3 Å². The molecule has 0 saturated heterocycles. The summed E-state index contributed by atoms with van der Waals surface area (Å²) in [5.74, 6) is 0.459. The molecule has 2 N–H and O–H groups in total. The number of nitrogens with one attached hydrogen (secondary N) is 2. The Balaban J connectivity index is 1.86. The minimum absolute atomic E-state index is 0.153. The van der Waals surface area contributed by atoms with Gasteiger partial charge in [0.2, 0.25) is 16.4 Å². The van der Waals surface area contributed by atoms with E-state index in [1.54, 1.807) is 4.68 Å². The molecule has 0 fully saturated rings. The van der Waals surface area contributed by atoms with Crippen LogP contribution in [0.3, 0.4) is 0 Å². The van der Waals surface area contributed by atoms with Crippen molar-refractivity contribution in [3.05, 3.63) is 24.6 Å². The molecule has 0 unspecified atom stereocenters. The smallest absolute Gasteiger partial charge is 0.243 e. The number of aromatic nitrogens is 4. The van der Waals surface area contributed by atoms with Gasteiger partial charge in [0.25, 0.3) is 0 Å². The van der Waals surface area contributed by atoms with Crippen molar-refractivity contribution in [1.29, 1.82) is 0 Å². The standard InChI is InChI=1S/C11H18N6O3S/c1-12-4-2-6-17-8-10(7-14-17)21(18,19)15-5-3-11-13-9-20-16-11/h7-9,12,15H,2-6H2,1H3. The lowest BCUT2D eigenvalue weighted by atomic mass is 10.4. The van der Waals surface area contributed by atoms with Gasteiger partial charge in [0.05, 0.1) is 6.20 Å². The fourth-order valence-corrected chi connectivity index (χ4v) is 2.69. The van der Waals surface area contributed by atoms with Gasteiger partial charge in [0.15, 0.2) is 5.82 Å². The van der Waals surface area contributed by atoms with E-state index < -0.39 is 10.0 Å². The van der Waals surface area contributed by atoms with Gasteiger partial charge < -0.3 is 9.84 Å². The van der Waals surface area contributed by atoms with Crippen LogP contribution in [0, 0.1) is 0 Å². The maximum absolute atomic E-state index is 12.1. The number of sulfonamides is 1. The summed E-state index contributed by atoms with van der Waals surface area (Å²) in [5, 5.41) is 10.7. The Kier molecular flexibility index (Phi) is 5.42. The molecule has 10 heteroatoms. The van der Waals surface area contributed by atoms with Crippen LogP contribution in [-0.2, 0) is 23.0 Å². The molecule has 0 aliphatic rings. The van der Waals surface area contributed by atoms with Crippen molar-refractivity contribution >= 4 is 10.0 Å². The van der Waals surface area contributed by atoms with Gasteiger partial charge in [-0.15, -0.1) is 0 Å². The Morgan fingerprint density at radius 2 is 2.24 bits per heavy atom. The van der Waals surface area contributed by atoms with Crippen molar-refractivity contribution in [1.82, 2.24) is 30.0 Å². The van der Waals surface area contributed by atoms with Crippen LogP contribution in [0.25, 0.3) is 0 Å². The first-order valence-electron chi connectivity index (χ1n) is 6.54. The zero-order chi connectivity index (χ0) is 15.1. The summed E-state index contributed by atoms with van der Waals surface area (Å²) in [4.78, 5) is 3.97. The highest BCUT2D eigenvalue weighted by molar-refractivity contribution is 7.89. The Labute approximate surface area is 122 Å². The van der Waals surface area contributed by atoms with Crippen LogP contribution in [0.4, 0.5) is 0 Å². The van der Waals surface area contributed by atoms with E-state index in [1.165, 1.54) is 18.8 Å². The summed E-state index contributed by atoms with van der Waals surface area (Å²) in [6.07, 6.45) is 5.32. The highest BCUT2D eigenvalue weighted by Gasteiger charge is 2.16. The molecule has 0 spiro atoms. The molecular weight excluding hydrogens is 296 g/mol. The molecule has 0 saturated carbocycles. The second-order valence-corrected chi connectivity index (χ2v) is 6.16. The molecule has 0 aliphatic carbocycles. The monoisotopic (exact) mass is 314 g/mol. The van der Waals surface area contributed by atoms with Crippen LogP contribution < -0.4 is 10.0 Å². The third-order valence-corrected chi connectivity index (χ3v) is 4.20. The highest BCUT2D eigenvalue weighted by Crippen LogP contribution is 2.07. The third kappa shape index (κ3) is 4.62. The maximum atomic E-state index is 12.1. The lowest BCUT2D eigenvalue weighted by Gasteiger charge is -2.03. The van der Waals surface area contributed by atoms with Crippen LogP contribution in [0.2, 0.25) is 0 Å². The molecule has 0 amide bonds. The summed E-state index contributed by atoms with van der Waals surface area (Å²) in [6.45, 7) is 1.72. The number of nitrogens with zero attached hydrogens (tertiary/aromatic N) is 4. The molecule has 2 heterocycles. The molecule has 0 bridgehead atoms. The predicted octanol–water partition coefficient (Wildman–Crippen LogP) is -0.603. The fraction of sp³-hybridized carbons (Fsp3) is 0.545. The van der Waals surface area contributed by atoms with Gasteiger partial charge in [0, 0.05) is 25.7 Å². The summed E-state index contributed by atoms with van der Waals surface area (Å²) < 4.78 is 32.8. The first-order valence-corrected chi connectivity index (χ1v) is 8.02. The zero-order valence-electron chi connectivity index (χ0n) is 11.7. The maximum Gasteiger partial charge on any atom is 0.243 e. The van der Waals surface area contributed by atoms with E-state index in [4.69, 9.17) is 0 Å². The van der Waals surface area contributed by atoms with E-state index in [0.29, 0.717) is 18.8 Å². The summed E-state index contributed by atoms with van der Waals surface area (Å²) in [5.41, 5.74) is 0. The summed E-state index contributed by atoms with van der Waals surface area (Å²) >= 11 is 0. The largest absolute Gasteiger partial charge is 0.343 e. The molecule has 9 nitrogen and oxygen atoms in total. The van der Waals surface area contributed by atoms with E-state index >= 15 is 0 Å². The number of aryl methyl sites for hydroxylation is 1. The van der Waals surface area contributed by atoms with Crippen LogP contribution in [0.1, 0.15) is 12.2 Å². The van der Waals surface area contributed by atoms with Crippen molar-refractivity contribution < 1.29 is 12.9 Å². The summed E-state index contributed by atoms with van der Waals surface area (Å²) in [6, 6.07) is 0. The third-order valence-electron chi connectivity index (χ3n) is 2.78. The predicted molar refractivity (Wildman–Crippen MR) is 74.0 cm³/mol. The zero-order valence-corrected chi connectivity index (χ0v) is 12.5. The van der Waals surface area contributed by atoms with Gasteiger partial charge in [-0.3, -0.25) is 4.68 Å². The molecule has 0 atom stereocenters. The number of rotatable bonds is 9. The Morgan fingerprint density at radius 1 is 1.38 bits per heavy atom. The van der Waals surface area contributed by atoms with E-state index in [0.717, 1.165) is 13.0 Å². The molecule has 0 radical (unpaired) electrons. The first kappa shape index (κ1) is 15.6.